The molecular formula is C19H29N3O2. The first-order valence-corrected chi connectivity index (χ1v) is 8.68. The number of likely N-dealkylation sites (N-methyl/N-ethyl adjacent to an activating group) is 1. The molecule has 0 radical (unpaired) electrons. The molecule has 5 nitrogen and oxygen atoms in total. The van der Waals surface area contributed by atoms with Crippen LogP contribution in [0.25, 0.3) is 10.9 Å². The topological polar surface area (TPSA) is 68.4 Å². The third kappa shape index (κ3) is 4.51. The van der Waals surface area contributed by atoms with Crippen molar-refractivity contribution in [3.63, 3.8) is 0 Å². The largest absolute Gasteiger partial charge is 0.389 e. The zero-order chi connectivity index (χ0) is 17.7. The summed E-state index contributed by atoms with van der Waals surface area (Å²) in [6.07, 6.45) is 3.81. The maximum Gasteiger partial charge on any atom is 0.317 e. The SMILES string of the molecule is CCc1cccc2c(CCNC(=O)N(CC)CC(C)(C)O)c[nH]c12. The minimum atomic E-state index is -0.888. The highest BCUT2D eigenvalue weighted by molar-refractivity contribution is 5.86. The fourth-order valence-electron chi connectivity index (χ4n) is 2.99. The number of para-hydroxylation sites is 1. The molecule has 0 aliphatic heterocycles. The number of aromatic amines is 1. The van der Waals surface area contributed by atoms with E-state index in [2.05, 4.69) is 35.4 Å². The summed E-state index contributed by atoms with van der Waals surface area (Å²) in [5, 5.41) is 14.1. The molecule has 5 heteroatoms. The van der Waals surface area contributed by atoms with Gasteiger partial charge in [0.1, 0.15) is 0 Å². The van der Waals surface area contributed by atoms with Crippen LogP contribution >= 0.6 is 0 Å². The number of urea groups is 1. The number of amides is 2. The van der Waals surface area contributed by atoms with Crippen molar-refractivity contribution in [2.24, 2.45) is 0 Å². The molecule has 1 aromatic heterocycles. The van der Waals surface area contributed by atoms with Crippen LogP contribution in [0.15, 0.2) is 24.4 Å². The molecule has 3 N–H and O–H groups in total. The van der Waals surface area contributed by atoms with Gasteiger partial charge < -0.3 is 20.3 Å². The quantitative estimate of drug-likeness (QED) is 0.730. The van der Waals surface area contributed by atoms with E-state index in [1.165, 1.54) is 22.0 Å². The van der Waals surface area contributed by atoms with Gasteiger partial charge in [0.2, 0.25) is 0 Å². The summed E-state index contributed by atoms with van der Waals surface area (Å²) in [4.78, 5) is 17.2. The first-order valence-electron chi connectivity index (χ1n) is 8.68. The van der Waals surface area contributed by atoms with Crippen LogP contribution in [-0.2, 0) is 12.8 Å². The van der Waals surface area contributed by atoms with Crippen LogP contribution in [-0.4, -0.2) is 46.3 Å². The maximum atomic E-state index is 12.2. The molecule has 0 bridgehead atoms. The van der Waals surface area contributed by atoms with Gasteiger partial charge in [-0.3, -0.25) is 0 Å². The lowest BCUT2D eigenvalue weighted by atomic mass is 10.1. The highest BCUT2D eigenvalue weighted by atomic mass is 16.3. The van der Waals surface area contributed by atoms with Crippen LogP contribution in [0.4, 0.5) is 4.79 Å². The average Bonchev–Trinajstić information content (AvgIpc) is 2.95. The van der Waals surface area contributed by atoms with Crippen molar-refractivity contribution in [3.8, 4) is 0 Å². The highest BCUT2D eigenvalue weighted by Gasteiger charge is 2.20. The van der Waals surface area contributed by atoms with Crippen LogP contribution in [0.3, 0.4) is 0 Å². The maximum absolute atomic E-state index is 12.2. The lowest BCUT2D eigenvalue weighted by Crippen LogP contribution is -2.47. The molecule has 132 valence electrons. The van der Waals surface area contributed by atoms with Gasteiger partial charge in [-0.05, 0) is 44.7 Å². The molecule has 2 aromatic rings. The Balaban J connectivity index is 1.95. The molecule has 0 saturated carbocycles. The molecule has 0 spiro atoms. The van der Waals surface area contributed by atoms with Crippen LogP contribution in [0.1, 0.15) is 38.8 Å². The Hall–Kier alpha value is -2.01. The fourth-order valence-corrected chi connectivity index (χ4v) is 2.99. The van der Waals surface area contributed by atoms with Gasteiger partial charge in [-0.2, -0.15) is 0 Å². The van der Waals surface area contributed by atoms with Crippen molar-refractivity contribution in [1.29, 1.82) is 0 Å². The molecule has 24 heavy (non-hydrogen) atoms. The highest BCUT2D eigenvalue weighted by Crippen LogP contribution is 2.22. The predicted molar refractivity (Wildman–Crippen MR) is 98.3 cm³/mol. The lowest BCUT2D eigenvalue weighted by Gasteiger charge is -2.28. The van der Waals surface area contributed by atoms with E-state index in [0.717, 1.165) is 12.8 Å². The van der Waals surface area contributed by atoms with E-state index in [9.17, 15) is 9.90 Å². The summed E-state index contributed by atoms with van der Waals surface area (Å²) in [6.45, 7) is 8.95. The number of benzene rings is 1. The Morgan fingerprint density at radius 2 is 2.04 bits per heavy atom. The van der Waals surface area contributed by atoms with Gasteiger partial charge >= 0.3 is 6.03 Å². The number of nitrogens with zero attached hydrogens (tertiary/aromatic N) is 1. The van der Waals surface area contributed by atoms with Gasteiger partial charge in [0, 0.05) is 30.2 Å². The second-order valence-corrected chi connectivity index (χ2v) is 6.82. The third-order valence-electron chi connectivity index (χ3n) is 4.19. The van der Waals surface area contributed by atoms with Gasteiger partial charge in [0.15, 0.2) is 0 Å². The van der Waals surface area contributed by atoms with Gasteiger partial charge in [0.05, 0.1) is 12.1 Å². The molecule has 0 atom stereocenters. The molecule has 0 saturated heterocycles. The summed E-state index contributed by atoms with van der Waals surface area (Å²) < 4.78 is 0. The smallest absolute Gasteiger partial charge is 0.317 e. The van der Waals surface area contributed by atoms with E-state index in [0.29, 0.717) is 19.6 Å². The van der Waals surface area contributed by atoms with E-state index in [1.807, 2.05) is 13.1 Å². The molecule has 0 aliphatic carbocycles. The number of aromatic nitrogens is 1. The van der Waals surface area contributed by atoms with Crippen LogP contribution < -0.4 is 5.32 Å². The van der Waals surface area contributed by atoms with Crippen molar-refractivity contribution in [2.75, 3.05) is 19.6 Å². The number of aliphatic hydroxyl groups is 1. The first kappa shape index (κ1) is 18.3. The van der Waals surface area contributed by atoms with E-state index in [1.54, 1.807) is 18.7 Å². The molecule has 2 rings (SSSR count). The fraction of sp³-hybridized carbons (Fsp3) is 0.526. The van der Waals surface area contributed by atoms with Crippen molar-refractivity contribution in [1.82, 2.24) is 15.2 Å². The molecule has 1 aromatic carbocycles. The van der Waals surface area contributed by atoms with Crippen molar-refractivity contribution >= 4 is 16.9 Å². The second kappa shape index (κ2) is 7.71. The molecule has 1 heterocycles. The molecule has 0 unspecified atom stereocenters. The minimum Gasteiger partial charge on any atom is -0.389 e. The zero-order valence-corrected chi connectivity index (χ0v) is 15.1. The third-order valence-corrected chi connectivity index (χ3v) is 4.19. The molecular weight excluding hydrogens is 302 g/mol. The Kier molecular flexibility index (Phi) is 5.89. The van der Waals surface area contributed by atoms with Gasteiger partial charge in [0.25, 0.3) is 0 Å². The normalized spacial score (nSPS) is 11.7. The number of H-pyrrole nitrogens is 1. The van der Waals surface area contributed by atoms with E-state index in [4.69, 9.17) is 0 Å². The van der Waals surface area contributed by atoms with Gasteiger partial charge in [-0.1, -0.05) is 25.1 Å². The Labute approximate surface area is 144 Å². The van der Waals surface area contributed by atoms with Crippen LogP contribution in [0.5, 0.6) is 0 Å². The molecule has 2 amide bonds. The molecule has 0 fully saturated rings. The summed E-state index contributed by atoms with van der Waals surface area (Å²) in [5.74, 6) is 0. The first-order chi connectivity index (χ1) is 11.4. The Bertz CT molecular complexity index is 685. The number of aryl methyl sites for hydroxylation is 1. The van der Waals surface area contributed by atoms with Gasteiger partial charge in [-0.25, -0.2) is 4.79 Å². The summed E-state index contributed by atoms with van der Waals surface area (Å²) in [5.41, 5.74) is 2.83. The standard InChI is InChI=1S/C19H29N3O2/c1-5-14-8-7-9-16-15(12-21-17(14)16)10-11-20-18(23)22(6-2)13-19(3,4)24/h7-9,12,21,24H,5-6,10-11,13H2,1-4H3,(H,20,23). The Morgan fingerprint density at radius 3 is 2.67 bits per heavy atom. The summed E-state index contributed by atoms with van der Waals surface area (Å²) in [6, 6.07) is 6.21. The van der Waals surface area contributed by atoms with Crippen LogP contribution in [0, 0.1) is 0 Å². The second-order valence-electron chi connectivity index (χ2n) is 6.82. The summed E-state index contributed by atoms with van der Waals surface area (Å²) in [7, 11) is 0. The van der Waals surface area contributed by atoms with Crippen molar-refractivity contribution in [2.45, 2.75) is 46.1 Å². The number of hydrogen-bond donors (Lipinski definition) is 3. The zero-order valence-electron chi connectivity index (χ0n) is 15.1. The lowest BCUT2D eigenvalue weighted by molar-refractivity contribution is 0.0480. The number of nitrogens with one attached hydrogen (secondary N) is 2. The summed E-state index contributed by atoms with van der Waals surface area (Å²) >= 11 is 0. The minimum absolute atomic E-state index is 0.131. The van der Waals surface area contributed by atoms with E-state index < -0.39 is 5.60 Å². The number of rotatable bonds is 7. The van der Waals surface area contributed by atoms with Gasteiger partial charge in [-0.15, -0.1) is 0 Å². The van der Waals surface area contributed by atoms with Crippen molar-refractivity contribution in [3.05, 3.63) is 35.5 Å². The number of fused-ring (bicyclic) bond motifs is 1. The van der Waals surface area contributed by atoms with E-state index >= 15 is 0 Å². The number of carbonyl (C=O) groups excluding carboxylic acids is 1. The van der Waals surface area contributed by atoms with Crippen molar-refractivity contribution < 1.29 is 9.90 Å². The van der Waals surface area contributed by atoms with Crippen LogP contribution in [0.2, 0.25) is 0 Å². The molecule has 0 aliphatic rings. The monoisotopic (exact) mass is 331 g/mol. The van der Waals surface area contributed by atoms with E-state index in [-0.39, 0.29) is 6.03 Å². The number of carbonyl (C=O) groups is 1. The predicted octanol–water partition coefficient (Wildman–Crippen LogP) is 3.08. The average molecular weight is 331 g/mol. The number of hydrogen-bond acceptors (Lipinski definition) is 2. The Morgan fingerprint density at radius 1 is 1.29 bits per heavy atom.